The minimum Gasteiger partial charge on any atom is -0.482 e. The molecule has 5 nitrogen and oxygen atoms in total. The van der Waals surface area contributed by atoms with Crippen molar-refractivity contribution < 1.29 is 27.8 Å². The fourth-order valence-electron chi connectivity index (χ4n) is 3.22. The van der Waals surface area contributed by atoms with Crippen LogP contribution in [-0.2, 0) is 11.0 Å². The number of ether oxygens (including phenoxy) is 1. The first-order valence-corrected chi connectivity index (χ1v) is 10.8. The lowest BCUT2D eigenvalue weighted by molar-refractivity contribution is -0.139. The summed E-state index contributed by atoms with van der Waals surface area (Å²) in [6, 6.07) is 10.5. The van der Waals surface area contributed by atoms with E-state index in [9.17, 15) is 18.0 Å². The maximum Gasteiger partial charge on any atom is 0.416 e. The van der Waals surface area contributed by atoms with E-state index in [2.05, 4.69) is 12.0 Å². The summed E-state index contributed by atoms with van der Waals surface area (Å²) in [5.41, 5.74) is 2.59. The lowest BCUT2D eigenvalue weighted by Crippen LogP contribution is -2.10. The first-order chi connectivity index (χ1) is 15.0. The van der Waals surface area contributed by atoms with Crippen molar-refractivity contribution in [3.8, 4) is 11.4 Å². The lowest BCUT2D eigenvalue weighted by atomic mass is 10.1. The monoisotopic (exact) mass is 464 g/mol. The maximum atomic E-state index is 12.8. The highest BCUT2D eigenvalue weighted by atomic mass is 32.2. The Morgan fingerprint density at radius 1 is 1.19 bits per heavy atom. The molecule has 170 valence electrons. The first kappa shape index (κ1) is 23.7. The normalized spacial score (nSPS) is 12.6. The number of carbonyl (C=O) groups is 1. The summed E-state index contributed by atoms with van der Waals surface area (Å²) in [7, 11) is 0. The van der Waals surface area contributed by atoms with E-state index in [1.54, 1.807) is 22.5 Å². The fourth-order valence-corrected chi connectivity index (χ4v) is 4.26. The molecule has 3 aromatic rings. The molecule has 0 spiro atoms. The summed E-state index contributed by atoms with van der Waals surface area (Å²) < 4.78 is 45.2. The molecule has 0 saturated heterocycles. The average molecular weight is 465 g/mol. The van der Waals surface area contributed by atoms with Gasteiger partial charge < -0.3 is 9.84 Å². The van der Waals surface area contributed by atoms with E-state index in [1.807, 2.05) is 32.2 Å². The molecular weight excluding hydrogens is 441 g/mol. The van der Waals surface area contributed by atoms with Crippen LogP contribution in [0.25, 0.3) is 5.69 Å². The van der Waals surface area contributed by atoms with E-state index in [4.69, 9.17) is 9.84 Å². The molecule has 0 saturated carbocycles. The minimum absolute atomic E-state index is 0.159. The molecule has 1 aromatic heterocycles. The third-order valence-corrected chi connectivity index (χ3v) is 6.18. The van der Waals surface area contributed by atoms with Crippen LogP contribution in [0.3, 0.4) is 0 Å². The van der Waals surface area contributed by atoms with Crippen LogP contribution in [0.15, 0.2) is 53.6 Å². The van der Waals surface area contributed by atoms with Gasteiger partial charge in [-0.1, -0.05) is 6.92 Å². The number of carboxylic acids is 1. The number of rotatable bonds is 8. The fraction of sp³-hybridized carbons (Fsp3) is 0.304. The molecule has 0 aliphatic rings. The van der Waals surface area contributed by atoms with Crippen molar-refractivity contribution in [2.24, 2.45) is 0 Å². The standard InChI is InChI=1S/C23H23F3N2O3S/c1-14-10-19(8-9-21(14)31-12-22(29)30)32-13-15(2)20-11-28(27-16(20)3)18-6-4-17(5-7-18)23(24,25)26/h4-11,15H,12-13H2,1-3H3,(H,29,30)/t15-/m1/s1. The van der Waals surface area contributed by atoms with Crippen LogP contribution >= 0.6 is 11.8 Å². The molecule has 1 heterocycles. The largest absolute Gasteiger partial charge is 0.482 e. The van der Waals surface area contributed by atoms with Crippen molar-refractivity contribution in [1.29, 1.82) is 0 Å². The van der Waals surface area contributed by atoms with Gasteiger partial charge in [0.25, 0.3) is 0 Å². The molecule has 2 aromatic carbocycles. The Balaban J connectivity index is 1.66. The highest BCUT2D eigenvalue weighted by Crippen LogP contribution is 2.32. The smallest absolute Gasteiger partial charge is 0.416 e. The molecule has 0 fully saturated rings. The minimum atomic E-state index is -4.37. The number of thioether (sulfide) groups is 1. The number of hydrogen-bond donors (Lipinski definition) is 1. The SMILES string of the molecule is Cc1cc(SC[C@@H](C)c2cn(-c3ccc(C(F)(F)F)cc3)nc2C)ccc1OCC(=O)O. The zero-order chi connectivity index (χ0) is 23.5. The van der Waals surface area contributed by atoms with Crippen LogP contribution in [0, 0.1) is 13.8 Å². The summed E-state index contributed by atoms with van der Waals surface area (Å²) >= 11 is 1.66. The highest BCUT2D eigenvalue weighted by Gasteiger charge is 2.30. The predicted molar refractivity (Wildman–Crippen MR) is 117 cm³/mol. The van der Waals surface area contributed by atoms with Gasteiger partial charge in [-0.15, -0.1) is 11.8 Å². The van der Waals surface area contributed by atoms with Gasteiger partial charge in [0.05, 0.1) is 16.9 Å². The summed E-state index contributed by atoms with van der Waals surface area (Å²) in [6.45, 7) is 5.44. The second-order valence-electron chi connectivity index (χ2n) is 7.48. The van der Waals surface area contributed by atoms with Crippen LogP contribution in [0.5, 0.6) is 5.75 Å². The number of nitrogens with zero attached hydrogens (tertiary/aromatic N) is 2. The third kappa shape index (κ3) is 5.85. The van der Waals surface area contributed by atoms with Gasteiger partial charge in [0.1, 0.15) is 5.75 Å². The van der Waals surface area contributed by atoms with E-state index >= 15 is 0 Å². The summed E-state index contributed by atoms with van der Waals surface area (Å²) in [5.74, 6) is 0.447. The molecule has 0 aliphatic heterocycles. The van der Waals surface area contributed by atoms with Crippen LogP contribution in [0.2, 0.25) is 0 Å². The van der Waals surface area contributed by atoms with E-state index in [0.29, 0.717) is 11.4 Å². The molecule has 0 aliphatic carbocycles. The van der Waals surface area contributed by atoms with Gasteiger partial charge in [0.2, 0.25) is 0 Å². The van der Waals surface area contributed by atoms with Gasteiger partial charge in [-0.2, -0.15) is 18.3 Å². The number of benzene rings is 2. The van der Waals surface area contributed by atoms with Crippen LogP contribution < -0.4 is 4.74 Å². The number of aliphatic carboxylic acids is 1. The van der Waals surface area contributed by atoms with Gasteiger partial charge in [-0.05, 0) is 73.4 Å². The van der Waals surface area contributed by atoms with Gasteiger partial charge >= 0.3 is 12.1 Å². The number of hydrogen-bond acceptors (Lipinski definition) is 4. The molecular formula is C23H23F3N2O3S. The molecule has 3 rings (SSSR count). The van der Waals surface area contributed by atoms with Gasteiger partial charge in [0, 0.05) is 16.8 Å². The number of aromatic nitrogens is 2. The highest BCUT2D eigenvalue weighted by molar-refractivity contribution is 7.99. The van der Waals surface area contributed by atoms with E-state index < -0.39 is 17.7 Å². The average Bonchev–Trinajstić information content (AvgIpc) is 3.12. The van der Waals surface area contributed by atoms with Crippen LogP contribution in [0.1, 0.15) is 35.2 Å². The molecule has 32 heavy (non-hydrogen) atoms. The van der Waals surface area contributed by atoms with E-state index in [0.717, 1.165) is 39.6 Å². The third-order valence-electron chi connectivity index (χ3n) is 4.92. The lowest BCUT2D eigenvalue weighted by Gasteiger charge is -2.12. The molecule has 1 atom stereocenters. The van der Waals surface area contributed by atoms with E-state index in [1.165, 1.54) is 12.1 Å². The van der Waals surface area contributed by atoms with Crippen LogP contribution in [-0.4, -0.2) is 33.2 Å². The summed E-state index contributed by atoms with van der Waals surface area (Å²) in [4.78, 5) is 11.7. The Morgan fingerprint density at radius 3 is 2.47 bits per heavy atom. The Morgan fingerprint density at radius 2 is 1.88 bits per heavy atom. The Bertz CT molecular complexity index is 1090. The zero-order valence-electron chi connectivity index (χ0n) is 17.8. The Labute approximate surface area is 188 Å². The number of halogens is 3. The molecule has 0 bridgehead atoms. The van der Waals surface area contributed by atoms with E-state index in [-0.39, 0.29) is 12.5 Å². The maximum absolute atomic E-state index is 12.8. The van der Waals surface area contributed by atoms with Crippen molar-refractivity contribution in [3.63, 3.8) is 0 Å². The summed E-state index contributed by atoms with van der Waals surface area (Å²) in [6.07, 6.45) is -2.51. The predicted octanol–water partition coefficient (Wildman–Crippen LogP) is 5.87. The number of aryl methyl sites for hydroxylation is 2. The molecule has 0 unspecified atom stereocenters. The molecule has 9 heteroatoms. The molecule has 0 amide bonds. The molecule has 0 radical (unpaired) electrons. The van der Waals surface area contributed by atoms with Crippen molar-refractivity contribution >= 4 is 17.7 Å². The number of carboxylic acid groups (broad SMARTS) is 1. The zero-order valence-corrected chi connectivity index (χ0v) is 18.6. The Kier molecular flexibility index (Phi) is 7.18. The topological polar surface area (TPSA) is 64.4 Å². The second kappa shape index (κ2) is 9.68. The number of alkyl halides is 3. The summed E-state index contributed by atoms with van der Waals surface area (Å²) in [5, 5.41) is 13.2. The van der Waals surface area contributed by atoms with Crippen molar-refractivity contribution in [2.45, 2.75) is 37.8 Å². The van der Waals surface area contributed by atoms with Crippen molar-refractivity contribution in [1.82, 2.24) is 9.78 Å². The Hall–Kier alpha value is -2.94. The van der Waals surface area contributed by atoms with Crippen LogP contribution in [0.4, 0.5) is 13.2 Å². The van der Waals surface area contributed by atoms with Gasteiger partial charge in [0.15, 0.2) is 6.61 Å². The van der Waals surface area contributed by atoms with Crippen molar-refractivity contribution in [2.75, 3.05) is 12.4 Å². The van der Waals surface area contributed by atoms with Gasteiger partial charge in [-0.25, -0.2) is 9.48 Å². The quantitative estimate of drug-likeness (QED) is 0.423. The second-order valence-corrected chi connectivity index (χ2v) is 8.57. The molecule has 1 N–H and O–H groups in total. The van der Waals surface area contributed by atoms with Gasteiger partial charge in [-0.3, -0.25) is 0 Å². The first-order valence-electron chi connectivity index (χ1n) is 9.86. The van der Waals surface area contributed by atoms with Crippen molar-refractivity contribution in [3.05, 3.63) is 71.0 Å².